The Morgan fingerprint density at radius 3 is 2.18 bits per heavy atom. The molecule has 0 bridgehead atoms. The number of nitrogens with one attached hydrogen (secondary N) is 2. The Labute approximate surface area is 354 Å². The van der Waals surface area contributed by atoms with Gasteiger partial charge in [-0.25, -0.2) is 19.6 Å². The first-order chi connectivity index (χ1) is 29.4. The van der Waals surface area contributed by atoms with Gasteiger partial charge in [0.1, 0.15) is 16.9 Å². The number of aromatic nitrogens is 4. The molecule has 2 fully saturated rings. The van der Waals surface area contributed by atoms with Gasteiger partial charge in [-0.2, -0.15) is 13.2 Å². The average Bonchev–Trinajstić information content (AvgIpc) is 4.20. The van der Waals surface area contributed by atoms with Crippen LogP contribution in [0.4, 0.5) is 36.2 Å². The van der Waals surface area contributed by atoms with E-state index in [1.807, 2.05) is 56.3 Å². The fourth-order valence-corrected chi connectivity index (χ4v) is 7.04. The van der Waals surface area contributed by atoms with Crippen molar-refractivity contribution in [2.45, 2.75) is 64.1 Å². The van der Waals surface area contributed by atoms with Crippen LogP contribution < -0.4 is 10.2 Å². The maximum absolute atomic E-state index is 13.4. The first-order valence-electron chi connectivity index (χ1n) is 19.8. The van der Waals surface area contributed by atoms with E-state index in [0.717, 1.165) is 72.1 Å². The molecule has 1 amide bonds. The Bertz CT molecular complexity index is 2720. The number of hydrogen-bond acceptors (Lipinski definition) is 7. The van der Waals surface area contributed by atoms with Gasteiger partial charge in [0, 0.05) is 63.8 Å². The van der Waals surface area contributed by atoms with Crippen LogP contribution in [0.1, 0.15) is 88.8 Å². The van der Waals surface area contributed by atoms with Crippen LogP contribution in [0.25, 0.3) is 21.8 Å². The number of hydrogen-bond donors (Lipinski definition) is 3. The quantitative estimate of drug-likeness (QED) is 0.115. The average molecular weight is 851 g/mol. The zero-order valence-electron chi connectivity index (χ0n) is 33.5. The SMILES string of the molecule is CC.COC(=O)c1cc(C2CC2)cnc1N(C(=O)C(F)(F)F)c1ccc2[nH]ccc2c1.O=C(O)c1cc(C2CC2)cnc1Nc1ccc2c(ccn2Cc2ccc(Cl)cc2)c1. The summed E-state index contributed by atoms with van der Waals surface area (Å²) < 4.78 is 47.2. The number of alkyl halides is 3. The summed E-state index contributed by atoms with van der Waals surface area (Å²) in [6.45, 7) is 4.75. The number of anilines is 4. The summed E-state index contributed by atoms with van der Waals surface area (Å²) in [5.41, 5.74) is 5.47. The van der Waals surface area contributed by atoms with Crippen LogP contribution in [0.15, 0.2) is 110 Å². The number of carboxylic acids is 1. The van der Waals surface area contributed by atoms with Crippen molar-refractivity contribution in [3.05, 3.63) is 143 Å². The molecule has 2 aliphatic rings. The first-order valence-corrected chi connectivity index (χ1v) is 20.1. The maximum atomic E-state index is 13.4. The van der Waals surface area contributed by atoms with Gasteiger partial charge in [0.15, 0.2) is 5.82 Å². The van der Waals surface area contributed by atoms with E-state index in [0.29, 0.717) is 27.5 Å². The lowest BCUT2D eigenvalue weighted by atomic mass is 10.1. The number of aromatic amines is 1. The number of pyridine rings is 2. The molecule has 0 aliphatic heterocycles. The third-order valence-corrected chi connectivity index (χ3v) is 10.5. The molecule has 0 spiro atoms. The van der Waals surface area contributed by atoms with Gasteiger partial charge in [-0.1, -0.05) is 37.6 Å². The third-order valence-electron chi connectivity index (χ3n) is 10.3. The van der Waals surface area contributed by atoms with Gasteiger partial charge in [0.25, 0.3) is 0 Å². The summed E-state index contributed by atoms with van der Waals surface area (Å²) in [6.07, 6.45) is 5.75. The summed E-state index contributed by atoms with van der Waals surface area (Å²) >= 11 is 5.97. The van der Waals surface area contributed by atoms with E-state index in [9.17, 15) is 32.7 Å². The molecule has 0 atom stereocenters. The number of ether oxygens (including phenoxy) is 1. The summed E-state index contributed by atoms with van der Waals surface area (Å²) in [7, 11) is 1.12. The summed E-state index contributed by atoms with van der Waals surface area (Å²) in [4.78, 5) is 48.2. The van der Waals surface area contributed by atoms with Crippen molar-refractivity contribution in [3.8, 4) is 0 Å². The largest absolute Gasteiger partial charge is 0.478 e. The summed E-state index contributed by atoms with van der Waals surface area (Å²) in [6, 6.07) is 25.1. The van der Waals surface area contributed by atoms with Crippen LogP contribution in [-0.4, -0.2) is 55.8 Å². The van der Waals surface area contributed by atoms with E-state index in [2.05, 4.69) is 37.1 Å². The predicted molar refractivity (Wildman–Crippen MR) is 229 cm³/mol. The van der Waals surface area contributed by atoms with E-state index >= 15 is 0 Å². The molecule has 3 N–H and O–H groups in total. The van der Waals surface area contributed by atoms with E-state index in [-0.39, 0.29) is 22.7 Å². The van der Waals surface area contributed by atoms with Gasteiger partial charge in [0.05, 0.1) is 12.8 Å². The standard InChI is InChI=1S/C24H20ClN3O2.C20H16F3N3O3.C2H6/c25-19-5-1-15(2-6-19)14-28-10-9-17-11-20(7-8-22(17)28)27-23-21(24(29)30)12-18(13-26-23)16-3-4-16;1-29-18(27)15-9-13(11-2-3-11)10-25-17(15)26(19(28)20(21,22)23)14-4-5-16-12(8-14)6-7-24-16;1-2/h1-2,5-13,16H,3-4,14H2,(H,26,27)(H,29,30);4-11,24H,2-3H2,1H3;1-2H3. The minimum Gasteiger partial charge on any atom is -0.478 e. The molecule has 3 aromatic carbocycles. The van der Waals surface area contributed by atoms with Crippen molar-refractivity contribution in [1.29, 1.82) is 0 Å². The zero-order valence-corrected chi connectivity index (χ0v) is 34.2. The van der Waals surface area contributed by atoms with E-state index in [4.69, 9.17) is 16.3 Å². The van der Waals surface area contributed by atoms with Crippen LogP contribution in [0.3, 0.4) is 0 Å². The summed E-state index contributed by atoms with van der Waals surface area (Å²) in [5, 5.41) is 15.2. The van der Waals surface area contributed by atoms with Crippen LogP contribution in [0, 0.1) is 0 Å². The fourth-order valence-electron chi connectivity index (χ4n) is 6.92. The Kier molecular flexibility index (Phi) is 12.5. The molecule has 4 heterocycles. The van der Waals surface area contributed by atoms with Gasteiger partial charge in [-0.15, -0.1) is 0 Å². The molecule has 4 aromatic heterocycles. The van der Waals surface area contributed by atoms with Gasteiger partial charge in [-0.3, -0.25) is 9.69 Å². The number of carbonyl (C=O) groups excluding carboxylic acids is 2. The molecule has 9 rings (SSSR count). The fraction of sp³-hybridized carbons (Fsp3) is 0.239. The number of H-pyrrole nitrogens is 1. The number of esters is 1. The van der Waals surface area contributed by atoms with Crippen LogP contribution in [-0.2, 0) is 16.1 Å². The normalized spacial score (nSPS) is 13.4. The van der Waals surface area contributed by atoms with Crippen LogP contribution in [0.2, 0.25) is 5.02 Å². The highest BCUT2D eigenvalue weighted by Crippen LogP contribution is 2.43. The number of aromatic carboxylic acids is 1. The molecular weight excluding hydrogens is 809 g/mol. The number of rotatable bonds is 10. The Morgan fingerprint density at radius 2 is 1.54 bits per heavy atom. The highest BCUT2D eigenvalue weighted by atomic mass is 35.5. The molecule has 61 heavy (non-hydrogen) atoms. The molecule has 2 saturated carbocycles. The number of benzene rings is 3. The van der Waals surface area contributed by atoms with Gasteiger partial charge < -0.3 is 24.7 Å². The van der Waals surface area contributed by atoms with Gasteiger partial charge in [0.2, 0.25) is 0 Å². The van der Waals surface area contributed by atoms with Crippen LogP contribution in [0.5, 0.6) is 0 Å². The van der Waals surface area contributed by atoms with E-state index in [1.54, 1.807) is 30.6 Å². The number of amides is 1. The highest BCUT2D eigenvalue weighted by molar-refractivity contribution is 6.30. The predicted octanol–water partition coefficient (Wildman–Crippen LogP) is 11.5. The van der Waals surface area contributed by atoms with Crippen molar-refractivity contribution < 1.29 is 37.4 Å². The van der Waals surface area contributed by atoms with Crippen molar-refractivity contribution >= 4 is 74.3 Å². The highest BCUT2D eigenvalue weighted by Gasteiger charge is 2.45. The maximum Gasteiger partial charge on any atom is 0.472 e. The van der Waals surface area contributed by atoms with Crippen molar-refractivity contribution in [2.24, 2.45) is 0 Å². The third kappa shape index (κ3) is 9.70. The van der Waals surface area contributed by atoms with E-state index in [1.165, 1.54) is 30.0 Å². The Hall–Kier alpha value is -6.67. The topological polar surface area (TPSA) is 142 Å². The minimum absolute atomic E-state index is 0.0590. The lowest BCUT2D eigenvalue weighted by molar-refractivity contribution is -0.169. The van der Waals surface area contributed by atoms with Gasteiger partial charge in [-0.05, 0) is 127 Å². The number of carboxylic acid groups (broad SMARTS) is 1. The number of carbonyl (C=O) groups is 3. The Balaban J connectivity index is 0.000000177. The number of fused-ring (bicyclic) bond motifs is 2. The zero-order chi connectivity index (χ0) is 43.4. The molecule has 2 aliphatic carbocycles. The first kappa shape index (κ1) is 42.5. The minimum atomic E-state index is -5.17. The number of methoxy groups -OCH3 is 1. The van der Waals surface area contributed by atoms with Crippen LogP contribution >= 0.6 is 11.6 Å². The molecule has 0 unspecified atom stereocenters. The van der Waals surface area contributed by atoms with Crippen molar-refractivity contribution in [1.82, 2.24) is 19.5 Å². The second kappa shape index (κ2) is 17.9. The summed E-state index contributed by atoms with van der Waals surface area (Å²) in [5.74, 6) is -3.36. The Morgan fingerprint density at radius 1 is 0.869 bits per heavy atom. The monoisotopic (exact) mass is 850 g/mol. The number of nitrogens with zero attached hydrogens (tertiary/aromatic N) is 4. The lowest BCUT2D eigenvalue weighted by Crippen LogP contribution is -2.39. The molecule has 0 saturated heterocycles. The molecule has 0 radical (unpaired) electrons. The van der Waals surface area contributed by atoms with Crippen molar-refractivity contribution in [2.75, 3.05) is 17.3 Å². The lowest BCUT2D eigenvalue weighted by Gasteiger charge is -2.25. The number of halogens is 4. The van der Waals surface area contributed by atoms with Gasteiger partial charge >= 0.3 is 24.0 Å². The molecule has 314 valence electrons. The van der Waals surface area contributed by atoms with Crippen molar-refractivity contribution in [3.63, 3.8) is 0 Å². The molecule has 7 aromatic rings. The van der Waals surface area contributed by atoms with E-state index < -0.39 is 29.8 Å². The molecular formula is C46H42ClF3N6O5. The molecule has 11 nitrogen and oxygen atoms in total. The second-order valence-corrected chi connectivity index (χ2v) is 14.9. The molecule has 15 heteroatoms. The second-order valence-electron chi connectivity index (χ2n) is 14.5. The smallest absolute Gasteiger partial charge is 0.472 e.